The highest BCUT2D eigenvalue weighted by molar-refractivity contribution is 6.33. The first kappa shape index (κ1) is 32.2. The van der Waals surface area contributed by atoms with Crippen molar-refractivity contribution in [1.82, 2.24) is 10.3 Å². The van der Waals surface area contributed by atoms with Crippen molar-refractivity contribution >= 4 is 40.1 Å². The summed E-state index contributed by atoms with van der Waals surface area (Å²) in [6.45, 7) is 0.822. The number of carbonyl (C=O) groups is 2. The van der Waals surface area contributed by atoms with E-state index < -0.39 is 53.0 Å². The first-order chi connectivity index (χ1) is 20.8. The second-order valence-electron chi connectivity index (χ2n) is 9.84. The third kappa shape index (κ3) is 6.58. The minimum atomic E-state index is -4.67. The average Bonchev–Trinajstić information content (AvgIpc) is 2.98. The SMILES string of the molecule is COC(=O)[C@H](Cc1ccc(-c2ccc(C#N)cc2Cl)c2ncccc12)NC(=O)c1c(F)cc(N(C)[C@H](C)C(F)(F)F)cc1F. The fourth-order valence-corrected chi connectivity index (χ4v) is 4.92. The van der Waals surface area contributed by atoms with Crippen molar-refractivity contribution in [1.29, 1.82) is 5.26 Å². The number of methoxy groups -OCH3 is 1. The summed E-state index contributed by atoms with van der Waals surface area (Å²) in [7, 11) is 2.09. The van der Waals surface area contributed by atoms with Crippen LogP contribution < -0.4 is 10.2 Å². The normalized spacial score (nSPS) is 12.7. The van der Waals surface area contributed by atoms with Gasteiger partial charge in [0.1, 0.15) is 29.3 Å². The highest BCUT2D eigenvalue weighted by Gasteiger charge is 2.39. The van der Waals surface area contributed by atoms with Crippen LogP contribution in [-0.2, 0) is 16.0 Å². The molecule has 0 unspecified atom stereocenters. The molecule has 0 saturated heterocycles. The number of hydrogen-bond acceptors (Lipinski definition) is 6. The molecule has 0 bridgehead atoms. The van der Waals surface area contributed by atoms with Gasteiger partial charge in [-0.1, -0.05) is 35.9 Å². The van der Waals surface area contributed by atoms with E-state index in [1.54, 1.807) is 42.6 Å². The minimum absolute atomic E-state index is 0.171. The van der Waals surface area contributed by atoms with E-state index in [-0.39, 0.29) is 6.42 Å². The molecule has 2 atom stereocenters. The highest BCUT2D eigenvalue weighted by Crippen LogP contribution is 2.35. The monoisotopic (exact) mass is 630 g/mol. The van der Waals surface area contributed by atoms with Gasteiger partial charge in [-0.2, -0.15) is 18.4 Å². The number of nitrogens with one attached hydrogen (secondary N) is 1. The number of alkyl halides is 3. The number of fused-ring (bicyclic) bond motifs is 1. The number of carbonyl (C=O) groups excluding carboxylic acids is 2. The average molecular weight is 631 g/mol. The Morgan fingerprint density at radius 2 is 1.75 bits per heavy atom. The molecule has 1 N–H and O–H groups in total. The van der Waals surface area contributed by atoms with Crippen LogP contribution in [0.15, 0.2) is 60.8 Å². The van der Waals surface area contributed by atoms with Crippen LogP contribution in [0.3, 0.4) is 0 Å². The van der Waals surface area contributed by atoms with Crippen molar-refractivity contribution in [2.24, 2.45) is 0 Å². The van der Waals surface area contributed by atoms with Gasteiger partial charge in [-0.05, 0) is 42.8 Å². The van der Waals surface area contributed by atoms with E-state index in [0.717, 1.165) is 21.1 Å². The fourth-order valence-electron chi connectivity index (χ4n) is 4.64. The van der Waals surface area contributed by atoms with Crippen LogP contribution in [0.25, 0.3) is 22.0 Å². The molecule has 0 aliphatic carbocycles. The van der Waals surface area contributed by atoms with E-state index in [4.69, 9.17) is 21.6 Å². The van der Waals surface area contributed by atoms with Crippen molar-refractivity contribution in [3.8, 4) is 17.2 Å². The number of esters is 1. The van der Waals surface area contributed by atoms with Crippen LogP contribution in [0.1, 0.15) is 28.4 Å². The molecule has 0 spiro atoms. The summed E-state index contributed by atoms with van der Waals surface area (Å²) >= 11 is 6.43. The van der Waals surface area contributed by atoms with Crippen LogP contribution in [0.5, 0.6) is 0 Å². The molecule has 13 heteroatoms. The second kappa shape index (κ2) is 12.9. The minimum Gasteiger partial charge on any atom is -0.467 e. The first-order valence-electron chi connectivity index (χ1n) is 13.0. The highest BCUT2D eigenvalue weighted by atomic mass is 35.5. The lowest BCUT2D eigenvalue weighted by molar-refractivity contribution is -0.144. The molecular formula is C31H24ClF5N4O3. The molecule has 1 aromatic heterocycles. The molecule has 4 rings (SSSR count). The summed E-state index contributed by atoms with van der Waals surface area (Å²) in [4.78, 5) is 30.8. The molecular weight excluding hydrogens is 607 g/mol. The molecule has 1 amide bonds. The van der Waals surface area contributed by atoms with Crippen LogP contribution >= 0.6 is 11.6 Å². The molecule has 3 aromatic carbocycles. The quantitative estimate of drug-likeness (QED) is 0.174. The number of pyridine rings is 1. The smallest absolute Gasteiger partial charge is 0.408 e. The largest absolute Gasteiger partial charge is 0.467 e. The van der Waals surface area contributed by atoms with Gasteiger partial charge in [0, 0.05) is 46.9 Å². The van der Waals surface area contributed by atoms with Crippen molar-refractivity contribution in [2.45, 2.75) is 31.6 Å². The molecule has 1 heterocycles. The Labute approximate surface area is 253 Å². The number of benzene rings is 3. The summed E-state index contributed by atoms with van der Waals surface area (Å²) < 4.78 is 74.1. The molecule has 4 aromatic rings. The van der Waals surface area contributed by atoms with E-state index in [9.17, 15) is 31.5 Å². The molecule has 0 fully saturated rings. The molecule has 44 heavy (non-hydrogen) atoms. The lowest BCUT2D eigenvalue weighted by Gasteiger charge is -2.29. The molecule has 7 nitrogen and oxygen atoms in total. The Bertz CT molecular complexity index is 1770. The van der Waals surface area contributed by atoms with Gasteiger partial charge >= 0.3 is 12.1 Å². The van der Waals surface area contributed by atoms with E-state index in [1.807, 2.05) is 6.07 Å². The number of rotatable bonds is 8. The van der Waals surface area contributed by atoms with Gasteiger partial charge < -0.3 is 15.0 Å². The number of amides is 1. The number of anilines is 1. The molecule has 0 radical (unpaired) electrons. The maximum absolute atomic E-state index is 15.0. The summed E-state index contributed by atoms with van der Waals surface area (Å²) in [5.74, 6) is -5.05. The zero-order valence-corrected chi connectivity index (χ0v) is 24.2. The molecule has 228 valence electrons. The molecule has 0 aliphatic heterocycles. The lowest BCUT2D eigenvalue weighted by Crippen LogP contribution is -2.44. The van der Waals surface area contributed by atoms with Gasteiger partial charge in [-0.25, -0.2) is 13.6 Å². The Morgan fingerprint density at radius 3 is 2.34 bits per heavy atom. The van der Waals surface area contributed by atoms with Gasteiger partial charge in [0.2, 0.25) is 0 Å². The number of nitriles is 1. The van der Waals surface area contributed by atoms with Crippen LogP contribution in [0.2, 0.25) is 5.02 Å². The van der Waals surface area contributed by atoms with E-state index in [1.165, 1.54) is 6.07 Å². The summed E-state index contributed by atoms with van der Waals surface area (Å²) in [6.07, 6.45) is -3.29. The number of nitrogens with zero attached hydrogens (tertiary/aromatic N) is 3. The predicted octanol–water partition coefficient (Wildman–Crippen LogP) is 6.61. The Morgan fingerprint density at radius 1 is 1.09 bits per heavy atom. The zero-order chi connectivity index (χ0) is 32.3. The number of halogens is 6. The van der Waals surface area contributed by atoms with Gasteiger partial charge in [0.25, 0.3) is 5.91 Å². The topological polar surface area (TPSA) is 95.3 Å². The fraction of sp³-hybridized carbons (Fsp3) is 0.226. The zero-order valence-electron chi connectivity index (χ0n) is 23.5. The number of ether oxygens (including phenoxy) is 1. The van der Waals surface area contributed by atoms with E-state index in [0.29, 0.717) is 55.2 Å². The van der Waals surface area contributed by atoms with Crippen LogP contribution in [0.4, 0.5) is 27.6 Å². The third-order valence-electron chi connectivity index (χ3n) is 7.18. The standard InChI is InChI=1S/C31H24ClF5N4O3/c1-16(31(35,36)37)41(2)19-13-24(33)27(25(34)14-19)29(42)40-26(30(43)44-3)12-18-7-9-22(28-20(18)5-4-10-39-28)21-8-6-17(15-38)11-23(21)32/h4-11,13-14,16,26H,12H2,1-3H3,(H,40,42)/t16-,26+/m1/s1. The third-order valence-corrected chi connectivity index (χ3v) is 7.49. The van der Waals surface area contributed by atoms with Gasteiger partial charge in [-0.3, -0.25) is 9.78 Å². The van der Waals surface area contributed by atoms with E-state index in [2.05, 4.69) is 10.3 Å². The maximum atomic E-state index is 15.0. The van der Waals surface area contributed by atoms with Gasteiger partial charge in [0.05, 0.1) is 24.3 Å². The van der Waals surface area contributed by atoms with Crippen molar-refractivity contribution in [3.63, 3.8) is 0 Å². The number of hydrogen-bond donors (Lipinski definition) is 1. The Hall–Kier alpha value is -4.76. The lowest BCUT2D eigenvalue weighted by atomic mass is 9.94. The Balaban J connectivity index is 1.66. The van der Waals surface area contributed by atoms with Crippen molar-refractivity contribution in [2.75, 3.05) is 19.1 Å². The van der Waals surface area contributed by atoms with Gasteiger partial charge in [-0.15, -0.1) is 0 Å². The summed E-state index contributed by atoms with van der Waals surface area (Å²) in [6, 6.07) is 11.3. The van der Waals surface area contributed by atoms with Crippen molar-refractivity contribution in [3.05, 3.63) is 94.1 Å². The van der Waals surface area contributed by atoms with Gasteiger partial charge in [0.15, 0.2) is 0 Å². The summed E-state index contributed by atoms with van der Waals surface area (Å²) in [5.41, 5.74) is 1.11. The van der Waals surface area contributed by atoms with Crippen molar-refractivity contribution < 1.29 is 36.3 Å². The second-order valence-corrected chi connectivity index (χ2v) is 10.3. The van der Waals surface area contributed by atoms with Crippen LogP contribution in [0, 0.1) is 23.0 Å². The molecule has 0 saturated carbocycles. The Kier molecular flexibility index (Phi) is 9.39. The van der Waals surface area contributed by atoms with Crippen LogP contribution in [-0.4, -0.2) is 49.3 Å². The van der Waals surface area contributed by atoms with E-state index >= 15 is 0 Å². The number of aromatic nitrogens is 1. The maximum Gasteiger partial charge on any atom is 0.408 e. The first-order valence-corrected chi connectivity index (χ1v) is 13.4. The molecule has 0 aliphatic rings. The summed E-state index contributed by atoms with van der Waals surface area (Å²) in [5, 5.41) is 12.3. The predicted molar refractivity (Wildman–Crippen MR) is 154 cm³/mol.